The highest BCUT2D eigenvalue weighted by Gasteiger charge is 2.23. The minimum atomic E-state index is 0.652. The zero-order chi connectivity index (χ0) is 16.1. The van der Waals surface area contributed by atoms with Gasteiger partial charge in [0.2, 0.25) is 0 Å². The maximum atomic E-state index is 6.26. The lowest BCUT2D eigenvalue weighted by molar-refractivity contribution is 0.178. The van der Waals surface area contributed by atoms with E-state index in [2.05, 4.69) is 32.7 Å². The Morgan fingerprint density at radius 3 is 2.61 bits per heavy atom. The number of likely N-dealkylation sites (tertiary alicyclic amines) is 1. The summed E-state index contributed by atoms with van der Waals surface area (Å²) in [6, 6.07) is 8.82. The van der Waals surface area contributed by atoms with Crippen molar-refractivity contribution in [1.29, 1.82) is 0 Å². The highest BCUT2D eigenvalue weighted by atomic mass is 35.5. The van der Waals surface area contributed by atoms with Crippen molar-refractivity contribution < 1.29 is 0 Å². The predicted octanol–water partition coefficient (Wildman–Crippen LogP) is 2.88. The van der Waals surface area contributed by atoms with E-state index in [1.165, 1.54) is 31.2 Å². The van der Waals surface area contributed by atoms with E-state index in [0.717, 1.165) is 43.1 Å². The van der Waals surface area contributed by atoms with E-state index < -0.39 is 0 Å². The molecule has 0 amide bonds. The van der Waals surface area contributed by atoms with Gasteiger partial charge in [-0.05, 0) is 56.3 Å². The first kappa shape index (κ1) is 16.6. The highest BCUT2D eigenvalue weighted by molar-refractivity contribution is 6.31. The molecule has 5 heteroatoms. The van der Waals surface area contributed by atoms with Crippen molar-refractivity contribution >= 4 is 17.6 Å². The normalized spacial score (nSPS) is 20.5. The Balaban J connectivity index is 1.39. The first-order chi connectivity index (χ1) is 11.2. The minimum absolute atomic E-state index is 0.652. The van der Waals surface area contributed by atoms with Crippen molar-refractivity contribution in [3.05, 3.63) is 34.9 Å². The largest absolute Gasteiger partial charge is 0.356 e. The summed E-state index contributed by atoms with van der Waals surface area (Å²) in [5, 5.41) is 7.81. The van der Waals surface area contributed by atoms with Gasteiger partial charge in [0.15, 0.2) is 5.96 Å². The molecule has 2 fully saturated rings. The van der Waals surface area contributed by atoms with Crippen LogP contribution in [0.15, 0.2) is 29.3 Å². The third-order valence-corrected chi connectivity index (χ3v) is 5.13. The van der Waals surface area contributed by atoms with Gasteiger partial charge in [-0.1, -0.05) is 29.8 Å². The van der Waals surface area contributed by atoms with Gasteiger partial charge in [0.1, 0.15) is 0 Å². The number of hydrogen-bond donors (Lipinski definition) is 2. The molecule has 2 N–H and O–H groups in total. The fourth-order valence-corrected chi connectivity index (χ4v) is 3.27. The van der Waals surface area contributed by atoms with E-state index in [-0.39, 0.29) is 0 Å². The second kappa shape index (κ2) is 8.02. The summed E-state index contributed by atoms with van der Waals surface area (Å²) in [7, 11) is 1.85. The van der Waals surface area contributed by atoms with Crippen LogP contribution in [0.2, 0.25) is 5.02 Å². The molecule has 0 atom stereocenters. The maximum Gasteiger partial charge on any atom is 0.191 e. The molecule has 1 saturated carbocycles. The first-order valence-electron chi connectivity index (χ1n) is 8.67. The van der Waals surface area contributed by atoms with Gasteiger partial charge in [0, 0.05) is 31.2 Å². The molecule has 0 bridgehead atoms. The van der Waals surface area contributed by atoms with E-state index in [1.54, 1.807) is 0 Å². The lowest BCUT2D eigenvalue weighted by Gasteiger charge is -2.32. The summed E-state index contributed by atoms with van der Waals surface area (Å²) < 4.78 is 0. The number of rotatable bonds is 5. The van der Waals surface area contributed by atoms with Crippen LogP contribution in [-0.4, -0.2) is 43.6 Å². The van der Waals surface area contributed by atoms with Crippen LogP contribution in [0.4, 0.5) is 0 Å². The molecular weight excluding hydrogens is 308 g/mol. The van der Waals surface area contributed by atoms with Gasteiger partial charge in [0.05, 0.1) is 0 Å². The number of piperidine rings is 1. The zero-order valence-corrected chi connectivity index (χ0v) is 14.6. The standard InChI is InChI=1S/C18H27ClN4/c1-20-18(22-16-6-7-16)21-12-14-8-10-23(11-9-14)13-15-4-2-3-5-17(15)19/h2-5,14,16H,6-13H2,1H3,(H2,20,21,22). The van der Waals surface area contributed by atoms with Crippen LogP contribution >= 0.6 is 11.6 Å². The van der Waals surface area contributed by atoms with E-state index in [9.17, 15) is 0 Å². The monoisotopic (exact) mass is 334 g/mol. The molecule has 0 aromatic heterocycles. The molecule has 126 valence electrons. The van der Waals surface area contributed by atoms with Gasteiger partial charge in [-0.3, -0.25) is 9.89 Å². The topological polar surface area (TPSA) is 39.7 Å². The fourth-order valence-electron chi connectivity index (χ4n) is 3.07. The van der Waals surface area contributed by atoms with Crippen LogP contribution in [-0.2, 0) is 6.54 Å². The summed E-state index contributed by atoms with van der Waals surface area (Å²) in [4.78, 5) is 6.81. The van der Waals surface area contributed by atoms with Gasteiger partial charge in [-0.25, -0.2) is 0 Å². The molecule has 4 nitrogen and oxygen atoms in total. The van der Waals surface area contributed by atoms with Gasteiger partial charge in [0.25, 0.3) is 0 Å². The van der Waals surface area contributed by atoms with Crippen molar-refractivity contribution in [2.45, 2.75) is 38.3 Å². The number of guanidine groups is 1. The summed E-state index contributed by atoms with van der Waals surface area (Å²) in [6.07, 6.45) is 5.03. The van der Waals surface area contributed by atoms with Gasteiger partial charge in [-0.2, -0.15) is 0 Å². The van der Waals surface area contributed by atoms with Crippen molar-refractivity contribution in [3.63, 3.8) is 0 Å². The first-order valence-corrected chi connectivity index (χ1v) is 9.05. The molecule has 23 heavy (non-hydrogen) atoms. The van der Waals surface area contributed by atoms with Crippen LogP contribution in [0, 0.1) is 5.92 Å². The maximum absolute atomic E-state index is 6.26. The second-order valence-corrected chi connectivity index (χ2v) is 7.09. The molecule has 0 radical (unpaired) electrons. The molecule has 1 aliphatic carbocycles. The molecule has 0 unspecified atom stereocenters. The number of aliphatic imine (C=N–C) groups is 1. The third kappa shape index (κ3) is 5.11. The number of halogens is 1. The SMILES string of the molecule is CN=C(NCC1CCN(Cc2ccccc2Cl)CC1)NC1CC1. The Morgan fingerprint density at radius 2 is 1.96 bits per heavy atom. The quantitative estimate of drug-likeness (QED) is 0.642. The van der Waals surface area contributed by atoms with Crippen LogP contribution in [0.25, 0.3) is 0 Å². The summed E-state index contributed by atoms with van der Waals surface area (Å²) in [5.41, 5.74) is 1.24. The van der Waals surface area contributed by atoms with E-state index in [4.69, 9.17) is 11.6 Å². The Labute approximate surface area is 144 Å². The Kier molecular flexibility index (Phi) is 5.79. The smallest absolute Gasteiger partial charge is 0.191 e. The number of nitrogens with zero attached hydrogens (tertiary/aromatic N) is 2. The number of benzene rings is 1. The van der Waals surface area contributed by atoms with E-state index in [1.807, 2.05) is 19.2 Å². The second-order valence-electron chi connectivity index (χ2n) is 6.68. The van der Waals surface area contributed by atoms with E-state index >= 15 is 0 Å². The average molecular weight is 335 g/mol. The van der Waals surface area contributed by atoms with Crippen molar-refractivity contribution in [2.24, 2.45) is 10.9 Å². The summed E-state index contributed by atoms with van der Waals surface area (Å²) in [6.45, 7) is 4.27. The van der Waals surface area contributed by atoms with Crippen molar-refractivity contribution in [2.75, 3.05) is 26.7 Å². The van der Waals surface area contributed by atoms with Gasteiger partial charge >= 0.3 is 0 Å². The lowest BCUT2D eigenvalue weighted by atomic mass is 9.96. The Hall–Kier alpha value is -1.26. The molecule has 1 aromatic carbocycles. The van der Waals surface area contributed by atoms with Gasteiger partial charge < -0.3 is 10.6 Å². The highest BCUT2D eigenvalue weighted by Crippen LogP contribution is 2.22. The van der Waals surface area contributed by atoms with Crippen molar-refractivity contribution in [1.82, 2.24) is 15.5 Å². The fraction of sp³-hybridized carbons (Fsp3) is 0.611. The van der Waals surface area contributed by atoms with Crippen LogP contribution in [0.5, 0.6) is 0 Å². The molecule has 1 heterocycles. The molecule has 0 spiro atoms. The van der Waals surface area contributed by atoms with Crippen LogP contribution < -0.4 is 10.6 Å². The molecule has 3 rings (SSSR count). The lowest BCUT2D eigenvalue weighted by Crippen LogP contribution is -2.43. The summed E-state index contributed by atoms with van der Waals surface area (Å²) in [5.74, 6) is 1.70. The Bertz CT molecular complexity index is 534. The molecule has 1 saturated heterocycles. The minimum Gasteiger partial charge on any atom is -0.356 e. The van der Waals surface area contributed by atoms with Crippen LogP contribution in [0.3, 0.4) is 0 Å². The predicted molar refractivity (Wildman–Crippen MR) is 97.0 cm³/mol. The van der Waals surface area contributed by atoms with Crippen LogP contribution in [0.1, 0.15) is 31.2 Å². The number of hydrogen-bond acceptors (Lipinski definition) is 2. The average Bonchev–Trinajstić information content (AvgIpc) is 3.39. The molecule has 1 aliphatic heterocycles. The number of nitrogens with one attached hydrogen (secondary N) is 2. The molecule has 1 aromatic rings. The zero-order valence-electron chi connectivity index (χ0n) is 13.9. The van der Waals surface area contributed by atoms with E-state index in [0.29, 0.717) is 6.04 Å². The Morgan fingerprint density at radius 1 is 1.22 bits per heavy atom. The van der Waals surface area contributed by atoms with Gasteiger partial charge in [-0.15, -0.1) is 0 Å². The van der Waals surface area contributed by atoms with Crippen molar-refractivity contribution in [3.8, 4) is 0 Å². The summed E-state index contributed by atoms with van der Waals surface area (Å²) >= 11 is 6.26. The third-order valence-electron chi connectivity index (χ3n) is 4.76. The molecular formula is C18H27ClN4. The molecule has 2 aliphatic rings.